The molecule has 1 heterocycles. The Morgan fingerprint density at radius 3 is 2.62 bits per heavy atom. The first kappa shape index (κ1) is 14.9. The van der Waals surface area contributed by atoms with Gasteiger partial charge in [-0.05, 0) is 37.6 Å². The van der Waals surface area contributed by atoms with Crippen LogP contribution in [0.15, 0.2) is 30.5 Å². The molecule has 1 aromatic carbocycles. The van der Waals surface area contributed by atoms with Gasteiger partial charge in [0.05, 0.1) is 10.6 Å². The van der Waals surface area contributed by atoms with Gasteiger partial charge in [0.1, 0.15) is 5.15 Å². The third-order valence-corrected chi connectivity index (χ3v) is 3.18. The Morgan fingerprint density at radius 2 is 2.00 bits per heavy atom. The number of anilines is 1. The zero-order chi connectivity index (χ0) is 15.6. The molecule has 0 fully saturated rings. The van der Waals surface area contributed by atoms with Gasteiger partial charge in [-0.3, -0.25) is 14.9 Å². The predicted molar refractivity (Wildman–Crippen MR) is 79.8 cm³/mol. The van der Waals surface area contributed by atoms with Crippen LogP contribution < -0.4 is 5.32 Å². The van der Waals surface area contributed by atoms with Crippen LogP contribution in [-0.2, 0) is 0 Å². The second kappa shape index (κ2) is 5.88. The van der Waals surface area contributed by atoms with Gasteiger partial charge in [0.15, 0.2) is 0 Å². The lowest BCUT2D eigenvalue weighted by molar-refractivity contribution is -0.385. The van der Waals surface area contributed by atoms with Crippen molar-refractivity contribution in [3.63, 3.8) is 0 Å². The number of nitrogens with zero attached hydrogens (tertiary/aromatic N) is 2. The van der Waals surface area contributed by atoms with Crippen molar-refractivity contribution in [2.24, 2.45) is 0 Å². The molecule has 0 saturated carbocycles. The van der Waals surface area contributed by atoms with Crippen LogP contribution in [0, 0.1) is 24.0 Å². The maximum Gasteiger partial charge on any atom is 0.274 e. The summed E-state index contributed by atoms with van der Waals surface area (Å²) in [7, 11) is 0. The van der Waals surface area contributed by atoms with E-state index in [0.29, 0.717) is 16.8 Å². The van der Waals surface area contributed by atoms with Crippen molar-refractivity contribution in [3.05, 3.63) is 62.4 Å². The van der Waals surface area contributed by atoms with Gasteiger partial charge in [-0.1, -0.05) is 11.6 Å². The number of aromatic nitrogens is 1. The lowest BCUT2D eigenvalue weighted by Crippen LogP contribution is -2.13. The average Bonchev–Trinajstić information content (AvgIpc) is 2.41. The minimum absolute atomic E-state index is 0.0383. The fourth-order valence-electron chi connectivity index (χ4n) is 1.91. The van der Waals surface area contributed by atoms with Crippen LogP contribution in [0.4, 0.5) is 11.4 Å². The number of pyridine rings is 1. The van der Waals surface area contributed by atoms with Crippen LogP contribution in [0.2, 0.25) is 5.15 Å². The summed E-state index contributed by atoms with van der Waals surface area (Å²) in [5.41, 5.74) is 1.97. The molecule has 1 N–H and O–H groups in total. The van der Waals surface area contributed by atoms with Crippen LogP contribution >= 0.6 is 11.6 Å². The molecule has 0 saturated heterocycles. The highest BCUT2D eigenvalue weighted by Gasteiger charge is 2.15. The number of hydrogen-bond acceptors (Lipinski definition) is 4. The second-order valence-corrected chi connectivity index (χ2v) is 4.92. The molecule has 7 heteroatoms. The minimum Gasteiger partial charge on any atom is -0.321 e. The van der Waals surface area contributed by atoms with Gasteiger partial charge in [-0.25, -0.2) is 4.98 Å². The molecule has 0 aliphatic rings. The van der Waals surface area contributed by atoms with Crippen molar-refractivity contribution < 1.29 is 9.72 Å². The number of nitro groups is 1. The number of carbonyl (C=O) groups is 1. The smallest absolute Gasteiger partial charge is 0.274 e. The Hall–Kier alpha value is -2.47. The van der Waals surface area contributed by atoms with Crippen LogP contribution in [0.3, 0.4) is 0 Å². The number of halogens is 1. The molecule has 1 amide bonds. The van der Waals surface area contributed by atoms with Gasteiger partial charge in [-0.2, -0.15) is 0 Å². The quantitative estimate of drug-likeness (QED) is 0.534. The third kappa shape index (κ3) is 3.35. The summed E-state index contributed by atoms with van der Waals surface area (Å²) >= 11 is 5.73. The molecule has 0 aliphatic heterocycles. The SMILES string of the molecule is Cc1cc(C)c([N+](=O)[O-])cc1NC(=O)c1ccnc(Cl)c1. The number of aryl methyl sites for hydroxylation is 2. The van der Waals surface area contributed by atoms with E-state index in [1.165, 1.54) is 24.4 Å². The fourth-order valence-corrected chi connectivity index (χ4v) is 2.08. The molecular formula is C14H12ClN3O3. The Morgan fingerprint density at radius 1 is 1.29 bits per heavy atom. The summed E-state index contributed by atoms with van der Waals surface area (Å²) in [6.45, 7) is 3.42. The Balaban J connectivity index is 2.33. The van der Waals surface area contributed by atoms with Crippen molar-refractivity contribution in [2.45, 2.75) is 13.8 Å². The molecule has 0 atom stereocenters. The molecule has 108 valence electrons. The van der Waals surface area contributed by atoms with E-state index in [-0.39, 0.29) is 10.8 Å². The van der Waals surface area contributed by atoms with Gasteiger partial charge in [0.2, 0.25) is 0 Å². The van der Waals surface area contributed by atoms with Crippen molar-refractivity contribution in [1.82, 2.24) is 4.98 Å². The van der Waals surface area contributed by atoms with Crippen LogP contribution in [0.5, 0.6) is 0 Å². The number of hydrogen-bond donors (Lipinski definition) is 1. The van der Waals surface area contributed by atoms with E-state index in [9.17, 15) is 14.9 Å². The van der Waals surface area contributed by atoms with Crippen molar-refractivity contribution in [2.75, 3.05) is 5.32 Å². The monoisotopic (exact) mass is 305 g/mol. The van der Waals surface area contributed by atoms with Crippen molar-refractivity contribution in [1.29, 1.82) is 0 Å². The number of nitro benzene ring substituents is 1. The normalized spacial score (nSPS) is 10.2. The zero-order valence-corrected chi connectivity index (χ0v) is 12.1. The number of nitrogens with one attached hydrogen (secondary N) is 1. The maximum absolute atomic E-state index is 12.1. The number of benzene rings is 1. The summed E-state index contributed by atoms with van der Waals surface area (Å²) in [6, 6.07) is 5.95. The van der Waals surface area contributed by atoms with Crippen molar-refractivity contribution in [3.8, 4) is 0 Å². The molecule has 0 radical (unpaired) electrons. The highest BCUT2D eigenvalue weighted by Crippen LogP contribution is 2.26. The van der Waals surface area contributed by atoms with Gasteiger partial charge >= 0.3 is 0 Å². The lowest BCUT2D eigenvalue weighted by atomic mass is 10.1. The van der Waals surface area contributed by atoms with Gasteiger partial charge < -0.3 is 5.32 Å². The van der Waals surface area contributed by atoms with E-state index in [2.05, 4.69) is 10.3 Å². The summed E-state index contributed by atoms with van der Waals surface area (Å²) in [6.07, 6.45) is 1.42. The van der Waals surface area contributed by atoms with E-state index in [1.54, 1.807) is 19.9 Å². The summed E-state index contributed by atoms with van der Waals surface area (Å²) in [4.78, 5) is 26.4. The first-order valence-electron chi connectivity index (χ1n) is 6.07. The van der Waals surface area contributed by atoms with Crippen LogP contribution in [-0.4, -0.2) is 15.8 Å². The highest BCUT2D eigenvalue weighted by molar-refractivity contribution is 6.29. The highest BCUT2D eigenvalue weighted by atomic mass is 35.5. The average molecular weight is 306 g/mol. The largest absolute Gasteiger partial charge is 0.321 e. The molecule has 2 aromatic rings. The number of rotatable bonds is 3. The topological polar surface area (TPSA) is 85.1 Å². The van der Waals surface area contributed by atoms with Gasteiger partial charge in [0, 0.05) is 23.4 Å². The second-order valence-electron chi connectivity index (χ2n) is 4.53. The lowest BCUT2D eigenvalue weighted by Gasteiger charge is -2.10. The van der Waals surface area contributed by atoms with Gasteiger partial charge in [-0.15, -0.1) is 0 Å². The summed E-state index contributed by atoms with van der Waals surface area (Å²) < 4.78 is 0. The van der Waals surface area contributed by atoms with Gasteiger partial charge in [0.25, 0.3) is 11.6 Å². The molecule has 1 aromatic heterocycles. The molecule has 0 spiro atoms. The summed E-state index contributed by atoms with van der Waals surface area (Å²) in [5.74, 6) is -0.402. The molecule has 0 unspecified atom stereocenters. The third-order valence-electron chi connectivity index (χ3n) is 2.98. The zero-order valence-electron chi connectivity index (χ0n) is 11.4. The van der Waals surface area contributed by atoms with E-state index < -0.39 is 10.8 Å². The molecule has 6 nitrogen and oxygen atoms in total. The minimum atomic E-state index is -0.478. The Labute approximate surface area is 125 Å². The Bertz CT molecular complexity index is 731. The predicted octanol–water partition coefficient (Wildman–Crippen LogP) is 3.51. The first-order valence-corrected chi connectivity index (χ1v) is 6.45. The summed E-state index contributed by atoms with van der Waals surface area (Å²) in [5, 5.41) is 13.8. The molecule has 2 rings (SSSR count). The van der Waals surface area contributed by atoms with E-state index >= 15 is 0 Å². The van der Waals surface area contributed by atoms with Crippen molar-refractivity contribution >= 4 is 28.9 Å². The molecular weight excluding hydrogens is 294 g/mol. The standard InChI is InChI=1S/C14H12ClN3O3/c1-8-5-9(2)12(18(20)21)7-11(8)17-14(19)10-3-4-16-13(15)6-10/h3-7H,1-2H3,(H,17,19). The van der Waals surface area contributed by atoms with E-state index in [0.717, 1.165) is 5.56 Å². The fraction of sp³-hybridized carbons (Fsp3) is 0.143. The van der Waals surface area contributed by atoms with Crippen LogP contribution in [0.1, 0.15) is 21.5 Å². The number of amides is 1. The van der Waals surface area contributed by atoms with E-state index in [4.69, 9.17) is 11.6 Å². The molecule has 0 aliphatic carbocycles. The first-order chi connectivity index (χ1) is 9.88. The maximum atomic E-state index is 12.1. The molecule has 0 bridgehead atoms. The Kier molecular flexibility index (Phi) is 4.18. The molecule has 21 heavy (non-hydrogen) atoms. The number of carbonyl (C=O) groups excluding carboxylic acids is 1. The van der Waals surface area contributed by atoms with E-state index in [1.807, 2.05) is 0 Å². The van der Waals surface area contributed by atoms with Crippen LogP contribution in [0.25, 0.3) is 0 Å².